The SMILES string of the molecule is CN=C(NCCc1cccs1)N1CCC2(CCCCC2)C1. The van der Waals surface area contributed by atoms with Crippen LogP contribution < -0.4 is 5.32 Å². The topological polar surface area (TPSA) is 27.6 Å². The van der Waals surface area contributed by atoms with Gasteiger partial charge in [0, 0.05) is 31.6 Å². The third-order valence-corrected chi connectivity index (χ3v) is 6.03. The highest BCUT2D eigenvalue weighted by Gasteiger charge is 2.39. The molecule has 0 bridgehead atoms. The van der Waals surface area contributed by atoms with E-state index in [4.69, 9.17) is 0 Å². The van der Waals surface area contributed by atoms with Crippen molar-refractivity contribution < 1.29 is 0 Å². The van der Waals surface area contributed by atoms with Gasteiger partial charge in [0.1, 0.15) is 0 Å². The normalized spacial score (nSPS) is 22.0. The van der Waals surface area contributed by atoms with Crippen molar-refractivity contribution in [1.82, 2.24) is 10.2 Å². The van der Waals surface area contributed by atoms with Gasteiger partial charge in [-0.1, -0.05) is 25.3 Å². The Balaban J connectivity index is 1.50. The van der Waals surface area contributed by atoms with Crippen LogP contribution in [0.2, 0.25) is 0 Å². The van der Waals surface area contributed by atoms with Crippen LogP contribution >= 0.6 is 11.3 Å². The number of aliphatic imine (C=N–C) groups is 1. The number of nitrogens with one attached hydrogen (secondary N) is 1. The lowest BCUT2D eigenvalue weighted by Gasteiger charge is -2.33. The molecule has 1 saturated heterocycles. The maximum atomic E-state index is 4.50. The summed E-state index contributed by atoms with van der Waals surface area (Å²) in [5.41, 5.74) is 0.601. The van der Waals surface area contributed by atoms with Crippen LogP contribution in [-0.4, -0.2) is 37.5 Å². The highest BCUT2D eigenvalue weighted by molar-refractivity contribution is 7.09. The third-order valence-electron chi connectivity index (χ3n) is 5.10. The second kappa shape index (κ2) is 6.82. The number of rotatable bonds is 3. The zero-order valence-corrected chi connectivity index (χ0v) is 13.9. The Bertz CT molecular complexity index is 460. The summed E-state index contributed by atoms with van der Waals surface area (Å²) in [5.74, 6) is 1.11. The molecular formula is C17H27N3S. The molecule has 2 heterocycles. The number of thiophene rings is 1. The van der Waals surface area contributed by atoms with Crippen LogP contribution in [0.4, 0.5) is 0 Å². The number of guanidine groups is 1. The van der Waals surface area contributed by atoms with Gasteiger partial charge in [-0.25, -0.2) is 0 Å². The molecule has 0 aromatic carbocycles. The number of hydrogen-bond acceptors (Lipinski definition) is 2. The Labute approximate surface area is 132 Å². The number of nitrogens with zero attached hydrogens (tertiary/aromatic N) is 2. The van der Waals surface area contributed by atoms with Gasteiger partial charge in [-0.15, -0.1) is 11.3 Å². The minimum absolute atomic E-state index is 0.601. The van der Waals surface area contributed by atoms with Gasteiger partial charge in [0.2, 0.25) is 0 Å². The molecule has 0 amide bonds. The van der Waals surface area contributed by atoms with E-state index in [0.29, 0.717) is 5.41 Å². The lowest BCUT2D eigenvalue weighted by molar-refractivity contribution is 0.203. The molecule has 1 N–H and O–H groups in total. The predicted octanol–water partition coefficient (Wildman–Crippen LogP) is 3.52. The molecular weight excluding hydrogens is 278 g/mol. The van der Waals surface area contributed by atoms with E-state index < -0.39 is 0 Å². The van der Waals surface area contributed by atoms with Gasteiger partial charge >= 0.3 is 0 Å². The molecule has 1 aliphatic carbocycles. The fourth-order valence-electron chi connectivity index (χ4n) is 3.91. The first-order valence-corrected chi connectivity index (χ1v) is 9.17. The molecule has 1 aromatic rings. The summed E-state index contributed by atoms with van der Waals surface area (Å²) in [6.45, 7) is 3.38. The molecule has 2 aliphatic rings. The molecule has 3 rings (SSSR count). The standard InChI is InChI=1S/C17H27N3S/c1-18-16(19-11-7-15-6-5-13-21-15)20-12-10-17(14-20)8-3-2-4-9-17/h5-6,13H,2-4,7-12,14H2,1H3,(H,18,19). The van der Waals surface area contributed by atoms with Crippen LogP contribution in [0.3, 0.4) is 0 Å². The summed E-state index contributed by atoms with van der Waals surface area (Å²) in [5, 5.41) is 5.70. The first kappa shape index (κ1) is 14.9. The van der Waals surface area contributed by atoms with Crippen molar-refractivity contribution in [3.05, 3.63) is 22.4 Å². The molecule has 0 atom stereocenters. The van der Waals surface area contributed by atoms with Gasteiger partial charge in [-0.3, -0.25) is 4.99 Å². The summed E-state index contributed by atoms with van der Waals surface area (Å²) >= 11 is 1.84. The summed E-state index contributed by atoms with van der Waals surface area (Å²) < 4.78 is 0. The van der Waals surface area contributed by atoms with E-state index in [2.05, 4.69) is 32.7 Å². The van der Waals surface area contributed by atoms with Gasteiger partial charge in [0.25, 0.3) is 0 Å². The molecule has 0 unspecified atom stereocenters. The molecule has 3 nitrogen and oxygen atoms in total. The Hall–Kier alpha value is -1.03. The lowest BCUT2D eigenvalue weighted by Crippen LogP contribution is -2.42. The van der Waals surface area contributed by atoms with E-state index in [9.17, 15) is 0 Å². The van der Waals surface area contributed by atoms with Gasteiger partial charge in [0.05, 0.1) is 0 Å². The largest absolute Gasteiger partial charge is 0.356 e. The Morgan fingerprint density at radius 1 is 1.33 bits per heavy atom. The second-order valence-electron chi connectivity index (χ2n) is 6.54. The highest BCUT2D eigenvalue weighted by Crippen LogP contribution is 2.43. The van der Waals surface area contributed by atoms with Crippen LogP contribution in [0.5, 0.6) is 0 Å². The number of likely N-dealkylation sites (tertiary alicyclic amines) is 1. The van der Waals surface area contributed by atoms with Crippen LogP contribution in [0.15, 0.2) is 22.5 Å². The van der Waals surface area contributed by atoms with Crippen molar-refractivity contribution in [2.24, 2.45) is 10.4 Å². The van der Waals surface area contributed by atoms with Gasteiger partial charge in [-0.2, -0.15) is 0 Å². The molecule has 4 heteroatoms. The van der Waals surface area contributed by atoms with Crippen LogP contribution in [0, 0.1) is 5.41 Å². The second-order valence-corrected chi connectivity index (χ2v) is 7.57. The van der Waals surface area contributed by atoms with Crippen molar-refractivity contribution >= 4 is 17.3 Å². The van der Waals surface area contributed by atoms with Crippen molar-refractivity contribution in [3.63, 3.8) is 0 Å². The average Bonchev–Trinajstić information content (AvgIpc) is 3.15. The van der Waals surface area contributed by atoms with E-state index >= 15 is 0 Å². The maximum absolute atomic E-state index is 4.50. The molecule has 2 fully saturated rings. The van der Waals surface area contributed by atoms with E-state index in [1.54, 1.807) is 0 Å². The monoisotopic (exact) mass is 305 g/mol. The van der Waals surface area contributed by atoms with Gasteiger partial charge in [-0.05, 0) is 42.5 Å². The first-order chi connectivity index (χ1) is 10.3. The van der Waals surface area contributed by atoms with E-state index in [-0.39, 0.29) is 0 Å². The highest BCUT2D eigenvalue weighted by atomic mass is 32.1. The minimum atomic E-state index is 0.601. The van der Waals surface area contributed by atoms with Crippen molar-refractivity contribution in [2.45, 2.75) is 44.9 Å². The Morgan fingerprint density at radius 3 is 2.90 bits per heavy atom. The predicted molar refractivity (Wildman–Crippen MR) is 91.1 cm³/mol. The molecule has 1 spiro atoms. The summed E-state index contributed by atoms with van der Waals surface area (Å²) in [6, 6.07) is 4.34. The van der Waals surface area contributed by atoms with E-state index in [0.717, 1.165) is 18.9 Å². The van der Waals surface area contributed by atoms with Crippen molar-refractivity contribution in [3.8, 4) is 0 Å². The van der Waals surface area contributed by atoms with Crippen molar-refractivity contribution in [2.75, 3.05) is 26.7 Å². The summed E-state index contributed by atoms with van der Waals surface area (Å²) in [4.78, 5) is 8.43. The minimum Gasteiger partial charge on any atom is -0.356 e. The molecule has 1 aliphatic heterocycles. The molecule has 1 aromatic heterocycles. The lowest BCUT2D eigenvalue weighted by atomic mass is 9.73. The average molecular weight is 305 g/mol. The molecule has 21 heavy (non-hydrogen) atoms. The number of hydrogen-bond donors (Lipinski definition) is 1. The van der Waals surface area contributed by atoms with Gasteiger partial charge < -0.3 is 10.2 Å². The van der Waals surface area contributed by atoms with Crippen LogP contribution in [0.25, 0.3) is 0 Å². The Kier molecular flexibility index (Phi) is 4.84. The molecule has 116 valence electrons. The zero-order valence-electron chi connectivity index (χ0n) is 13.1. The van der Waals surface area contributed by atoms with Crippen LogP contribution in [-0.2, 0) is 6.42 Å². The first-order valence-electron chi connectivity index (χ1n) is 8.29. The molecule has 1 saturated carbocycles. The third kappa shape index (κ3) is 3.60. The maximum Gasteiger partial charge on any atom is 0.193 e. The summed E-state index contributed by atoms with van der Waals surface area (Å²) in [6.07, 6.45) is 9.60. The van der Waals surface area contributed by atoms with E-state index in [1.165, 1.54) is 56.5 Å². The van der Waals surface area contributed by atoms with Crippen molar-refractivity contribution in [1.29, 1.82) is 0 Å². The Morgan fingerprint density at radius 2 is 2.19 bits per heavy atom. The fourth-order valence-corrected chi connectivity index (χ4v) is 4.62. The molecule has 0 radical (unpaired) electrons. The quantitative estimate of drug-likeness (QED) is 0.683. The zero-order chi connectivity index (χ0) is 14.5. The van der Waals surface area contributed by atoms with Gasteiger partial charge in [0.15, 0.2) is 5.96 Å². The fraction of sp³-hybridized carbons (Fsp3) is 0.706. The smallest absolute Gasteiger partial charge is 0.193 e. The summed E-state index contributed by atoms with van der Waals surface area (Å²) in [7, 11) is 1.92. The van der Waals surface area contributed by atoms with Crippen LogP contribution in [0.1, 0.15) is 43.4 Å². The van der Waals surface area contributed by atoms with E-state index in [1.807, 2.05) is 18.4 Å².